The fraction of sp³-hybridized carbons (Fsp3) is 0.500. The molecular weight excluding hydrogens is 322 g/mol. The molecule has 7 heteroatoms. The zero-order valence-corrected chi connectivity index (χ0v) is 14.2. The lowest BCUT2D eigenvalue weighted by molar-refractivity contribution is -0.147. The van der Waals surface area contributed by atoms with Crippen molar-refractivity contribution in [3.8, 4) is 5.75 Å². The number of aliphatic hydroxyl groups is 1. The van der Waals surface area contributed by atoms with Crippen LogP contribution in [0.3, 0.4) is 0 Å². The van der Waals surface area contributed by atoms with Gasteiger partial charge in [-0.1, -0.05) is 30.7 Å². The molecule has 0 aliphatic rings. The quantitative estimate of drug-likeness (QED) is 0.728. The normalized spacial score (nSPS) is 13.1. The molecule has 0 heterocycles. The van der Waals surface area contributed by atoms with E-state index in [0.29, 0.717) is 10.8 Å². The lowest BCUT2D eigenvalue weighted by atomic mass is 10.1. The summed E-state index contributed by atoms with van der Waals surface area (Å²) in [6.45, 7) is 3.24. The largest absolute Gasteiger partial charge is 0.482 e. The topological polar surface area (TPSA) is 76.1 Å². The molecule has 2 unspecified atom stereocenters. The molecule has 23 heavy (non-hydrogen) atoms. The molecule has 0 aliphatic carbocycles. The first-order chi connectivity index (χ1) is 10.8. The first-order valence-electron chi connectivity index (χ1n) is 7.26. The highest BCUT2D eigenvalue weighted by molar-refractivity contribution is 6.32. The molecule has 1 rings (SSSR count). The zero-order chi connectivity index (χ0) is 17.4. The molecule has 0 fully saturated rings. The van der Waals surface area contributed by atoms with Gasteiger partial charge in [0.1, 0.15) is 5.75 Å². The molecule has 1 amide bonds. The Kier molecular flexibility index (Phi) is 7.85. The summed E-state index contributed by atoms with van der Waals surface area (Å²) in [5, 5.41) is 9.95. The van der Waals surface area contributed by atoms with Crippen LogP contribution < -0.4 is 4.74 Å². The van der Waals surface area contributed by atoms with Crippen molar-refractivity contribution >= 4 is 23.5 Å². The van der Waals surface area contributed by atoms with Crippen molar-refractivity contribution in [1.82, 2.24) is 4.90 Å². The van der Waals surface area contributed by atoms with Crippen LogP contribution in [0.15, 0.2) is 24.3 Å². The summed E-state index contributed by atoms with van der Waals surface area (Å²) in [6, 6.07) is 6.83. The number of ether oxygens (including phenoxy) is 2. The Balaban J connectivity index is 2.68. The molecule has 1 N–H and O–H groups in total. The monoisotopic (exact) mass is 343 g/mol. The molecule has 6 nitrogen and oxygen atoms in total. The smallest absolute Gasteiger partial charge is 0.310 e. The average Bonchev–Trinajstić information content (AvgIpc) is 2.51. The summed E-state index contributed by atoms with van der Waals surface area (Å²) in [5.41, 5.74) is 0. The fourth-order valence-corrected chi connectivity index (χ4v) is 2.19. The number of rotatable bonds is 8. The van der Waals surface area contributed by atoms with Gasteiger partial charge in [0.25, 0.3) is 5.91 Å². The minimum Gasteiger partial charge on any atom is -0.482 e. The number of hydrogen-bond donors (Lipinski definition) is 1. The number of para-hydroxylation sites is 1. The van der Waals surface area contributed by atoms with Crippen LogP contribution >= 0.6 is 11.6 Å². The number of hydrogen-bond acceptors (Lipinski definition) is 5. The van der Waals surface area contributed by atoms with Crippen molar-refractivity contribution in [1.29, 1.82) is 0 Å². The molecule has 0 bridgehead atoms. The second-order valence-electron chi connectivity index (χ2n) is 5.29. The van der Waals surface area contributed by atoms with Gasteiger partial charge in [0.15, 0.2) is 6.61 Å². The van der Waals surface area contributed by atoms with Crippen LogP contribution in [0.2, 0.25) is 5.02 Å². The second-order valence-corrected chi connectivity index (χ2v) is 5.70. The highest BCUT2D eigenvalue weighted by Gasteiger charge is 2.23. The summed E-state index contributed by atoms with van der Waals surface area (Å²) in [5.74, 6) is -0.856. The van der Waals surface area contributed by atoms with Crippen molar-refractivity contribution in [3.63, 3.8) is 0 Å². The van der Waals surface area contributed by atoms with E-state index < -0.39 is 18.0 Å². The first kappa shape index (κ1) is 19.3. The van der Waals surface area contributed by atoms with Gasteiger partial charge in [-0.15, -0.1) is 0 Å². The number of halogens is 1. The number of esters is 1. The Bertz CT molecular complexity index is 535. The van der Waals surface area contributed by atoms with E-state index in [2.05, 4.69) is 4.74 Å². The van der Waals surface area contributed by atoms with Crippen molar-refractivity contribution in [2.24, 2.45) is 5.92 Å². The van der Waals surface area contributed by atoms with Crippen molar-refractivity contribution in [2.45, 2.75) is 20.0 Å². The number of amides is 1. The number of carbonyl (C=O) groups excluding carboxylic acids is 2. The lowest BCUT2D eigenvalue weighted by Crippen LogP contribution is -2.43. The number of aliphatic hydroxyl groups excluding tert-OH is 1. The maximum atomic E-state index is 12.3. The van der Waals surface area contributed by atoms with Gasteiger partial charge in [0.2, 0.25) is 0 Å². The zero-order valence-electron chi connectivity index (χ0n) is 13.5. The van der Waals surface area contributed by atoms with E-state index >= 15 is 0 Å². The minimum absolute atomic E-state index is 0.103. The molecular formula is C16H22ClNO5. The average molecular weight is 344 g/mol. The van der Waals surface area contributed by atoms with E-state index in [4.69, 9.17) is 16.3 Å². The molecule has 1 aromatic carbocycles. The van der Waals surface area contributed by atoms with Crippen molar-refractivity contribution < 1.29 is 24.2 Å². The Morgan fingerprint density at radius 3 is 2.48 bits per heavy atom. The number of carbonyl (C=O) groups is 2. The number of benzene rings is 1. The summed E-state index contributed by atoms with van der Waals surface area (Å²) in [7, 11) is 1.29. The lowest BCUT2D eigenvalue weighted by Gasteiger charge is -2.26. The summed E-state index contributed by atoms with van der Waals surface area (Å²) < 4.78 is 10.1. The Morgan fingerprint density at radius 2 is 1.91 bits per heavy atom. The molecule has 0 saturated carbocycles. The van der Waals surface area contributed by atoms with E-state index in [1.54, 1.807) is 38.1 Å². The maximum absolute atomic E-state index is 12.3. The van der Waals surface area contributed by atoms with Gasteiger partial charge in [0.05, 0.1) is 24.2 Å². The predicted molar refractivity (Wildman–Crippen MR) is 86.4 cm³/mol. The second kappa shape index (κ2) is 9.37. The van der Waals surface area contributed by atoms with Crippen LogP contribution in [0.4, 0.5) is 0 Å². The summed E-state index contributed by atoms with van der Waals surface area (Å²) in [4.78, 5) is 25.2. The molecule has 1 aromatic rings. The van der Waals surface area contributed by atoms with Crippen molar-refractivity contribution in [3.05, 3.63) is 29.3 Å². The van der Waals surface area contributed by atoms with Crippen molar-refractivity contribution in [2.75, 3.05) is 26.8 Å². The summed E-state index contributed by atoms with van der Waals surface area (Å²) >= 11 is 5.97. The molecule has 2 atom stereocenters. The maximum Gasteiger partial charge on any atom is 0.310 e. The molecule has 0 spiro atoms. The van der Waals surface area contributed by atoms with Gasteiger partial charge in [-0.25, -0.2) is 0 Å². The molecule has 0 aliphatic heterocycles. The standard InChI is InChI=1S/C16H22ClNO5/c1-11(16(21)22-3)8-18(9-12(2)19)15(20)10-23-14-7-5-4-6-13(14)17/h4-7,11-12,19H,8-10H2,1-3H3. The first-order valence-corrected chi connectivity index (χ1v) is 7.64. The van der Waals surface area contributed by atoms with Gasteiger partial charge in [-0.2, -0.15) is 0 Å². The molecule has 0 saturated heterocycles. The van der Waals surface area contributed by atoms with Crippen LogP contribution in [-0.2, 0) is 14.3 Å². The number of nitrogens with zero attached hydrogens (tertiary/aromatic N) is 1. The summed E-state index contributed by atoms with van der Waals surface area (Å²) in [6.07, 6.45) is -0.718. The number of methoxy groups -OCH3 is 1. The van der Waals surface area contributed by atoms with E-state index in [1.807, 2.05) is 0 Å². The Morgan fingerprint density at radius 1 is 1.26 bits per heavy atom. The third-order valence-electron chi connectivity index (χ3n) is 3.12. The van der Waals surface area contributed by atoms with E-state index in [-0.39, 0.29) is 25.6 Å². The highest BCUT2D eigenvalue weighted by Crippen LogP contribution is 2.23. The van der Waals surface area contributed by atoms with E-state index in [0.717, 1.165) is 0 Å². The van der Waals surface area contributed by atoms with Gasteiger partial charge in [-0.3, -0.25) is 9.59 Å². The van der Waals surface area contributed by atoms with Crippen LogP contribution in [0, 0.1) is 5.92 Å². The van der Waals surface area contributed by atoms with Gasteiger partial charge in [-0.05, 0) is 19.1 Å². The van der Waals surface area contributed by atoms with Crippen LogP contribution in [0.25, 0.3) is 0 Å². The Labute approximate surface area is 140 Å². The third kappa shape index (κ3) is 6.46. The predicted octanol–water partition coefficient (Wildman–Crippen LogP) is 1.74. The van der Waals surface area contributed by atoms with Gasteiger partial charge >= 0.3 is 5.97 Å². The van der Waals surface area contributed by atoms with E-state index in [9.17, 15) is 14.7 Å². The molecule has 0 radical (unpaired) electrons. The van der Waals surface area contributed by atoms with Gasteiger partial charge in [0, 0.05) is 13.1 Å². The third-order valence-corrected chi connectivity index (χ3v) is 3.44. The molecule has 128 valence electrons. The van der Waals surface area contributed by atoms with E-state index in [1.165, 1.54) is 12.0 Å². The molecule has 0 aromatic heterocycles. The fourth-order valence-electron chi connectivity index (χ4n) is 2.00. The highest BCUT2D eigenvalue weighted by atomic mass is 35.5. The SMILES string of the molecule is COC(=O)C(C)CN(CC(C)O)C(=O)COc1ccccc1Cl. The van der Waals surface area contributed by atoms with Gasteiger partial charge < -0.3 is 19.5 Å². The van der Waals surface area contributed by atoms with Crippen LogP contribution in [0.5, 0.6) is 5.75 Å². The van der Waals surface area contributed by atoms with Crippen LogP contribution in [-0.4, -0.2) is 54.8 Å². The Hall–Kier alpha value is -1.79. The van der Waals surface area contributed by atoms with Crippen LogP contribution in [0.1, 0.15) is 13.8 Å². The minimum atomic E-state index is -0.718.